The van der Waals surface area contributed by atoms with E-state index in [0.717, 1.165) is 0 Å². The van der Waals surface area contributed by atoms with Gasteiger partial charge in [0.25, 0.3) is 11.5 Å². The molecule has 0 spiro atoms. The first-order chi connectivity index (χ1) is 11.9. The third kappa shape index (κ3) is 5.08. The Bertz CT molecular complexity index is 836. The largest absolute Gasteiger partial charge is 0.329 e. The van der Waals surface area contributed by atoms with Crippen molar-refractivity contribution in [3.63, 3.8) is 0 Å². The Morgan fingerprint density at radius 1 is 1.24 bits per heavy atom. The first-order valence-corrected chi connectivity index (χ1v) is 8.40. The zero-order chi connectivity index (χ0) is 18.4. The SMILES string of the molecule is CCCN(CC(=O)Nc1ccc(Cl)cc1Cl)C(=O)c1ccc[nH]c1=O. The summed E-state index contributed by atoms with van der Waals surface area (Å²) in [5.74, 6) is -0.917. The van der Waals surface area contributed by atoms with Crippen molar-refractivity contribution in [1.29, 1.82) is 0 Å². The van der Waals surface area contributed by atoms with Gasteiger partial charge in [-0.1, -0.05) is 30.1 Å². The molecule has 132 valence electrons. The van der Waals surface area contributed by atoms with Crippen LogP contribution in [-0.4, -0.2) is 34.8 Å². The maximum Gasteiger partial charge on any atom is 0.260 e. The average molecular weight is 382 g/mol. The quantitative estimate of drug-likeness (QED) is 0.805. The molecule has 0 fully saturated rings. The molecule has 6 nitrogen and oxygen atoms in total. The standard InChI is InChI=1S/C17H17Cl2N3O3/c1-2-8-22(17(25)12-4-3-7-20-16(12)24)10-15(23)21-14-6-5-11(18)9-13(14)19/h3-7,9H,2,8,10H2,1H3,(H,20,24)(H,21,23). The van der Waals surface area contributed by atoms with Crippen molar-refractivity contribution in [2.75, 3.05) is 18.4 Å². The number of hydrogen-bond acceptors (Lipinski definition) is 3. The van der Waals surface area contributed by atoms with Crippen LogP contribution in [0.25, 0.3) is 0 Å². The fraction of sp³-hybridized carbons (Fsp3) is 0.235. The van der Waals surface area contributed by atoms with Crippen LogP contribution in [0.1, 0.15) is 23.7 Å². The van der Waals surface area contributed by atoms with Crippen molar-refractivity contribution in [1.82, 2.24) is 9.88 Å². The van der Waals surface area contributed by atoms with Gasteiger partial charge in [0.1, 0.15) is 12.1 Å². The number of halogens is 2. The number of amides is 2. The fourth-order valence-electron chi connectivity index (χ4n) is 2.24. The number of H-pyrrole nitrogens is 1. The van der Waals surface area contributed by atoms with Crippen LogP contribution in [0, 0.1) is 0 Å². The van der Waals surface area contributed by atoms with Crippen LogP contribution in [-0.2, 0) is 4.79 Å². The molecule has 0 aliphatic rings. The molecule has 0 atom stereocenters. The smallest absolute Gasteiger partial charge is 0.260 e. The van der Waals surface area contributed by atoms with E-state index in [2.05, 4.69) is 10.3 Å². The Morgan fingerprint density at radius 3 is 2.64 bits per heavy atom. The number of aromatic nitrogens is 1. The monoisotopic (exact) mass is 381 g/mol. The lowest BCUT2D eigenvalue weighted by Gasteiger charge is -2.21. The van der Waals surface area contributed by atoms with E-state index >= 15 is 0 Å². The van der Waals surface area contributed by atoms with E-state index in [1.54, 1.807) is 18.2 Å². The Hall–Kier alpha value is -2.31. The Kier molecular flexibility index (Phi) is 6.61. The highest BCUT2D eigenvalue weighted by molar-refractivity contribution is 6.36. The molecule has 1 aromatic heterocycles. The third-order valence-electron chi connectivity index (χ3n) is 3.37. The molecule has 2 N–H and O–H groups in total. The first-order valence-electron chi connectivity index (χ1n) is 7.64. The second-order valence-electron chi connectivity index (χ2n) is 5.31. The maximum absolute atomic E-state index is 12.5. The van der Waals surface area contributed by atoms with Gasteiger partial charge < -0.3 is 15.2 Å². The summed E-state index contributed by atoms with van der Waals surface area (Å²) in [6.07, 6.45) is 2.09. The van der Waals surface area contributed by atoms with Crippen LogP contribution >= 0.6 is 23.2 Å². The highest BCUT2D eigenvalue weighted by atomic mass is 35.5. The van der Waals surface area contributed by atoms with Crippen LogP contribution in [0.3, 0.4) is 0 Å². The van der Waals surface area contributed by atoms with Gasteiger partial charge in [0.05, 0.1) is 10.7 Å². The van der Waals surface area contributed by atoms with Crippen molar-refractivity contribution in [2.24, 2.45) is 0 Å². The molecule has 1 heterocycles. The average Bonchev–Trinajstić information content (AvgIpc) is 2.57. The van der Waals surface area contributed by atoms with Crippen LogP contribution < -0.4 is 10.9 Å². The molecule has 2 amide bonds. The van der Waals surface area contributed by atoms with E-state index in [-0.39, 0.29) is 12.1 Å². The van der Waals surface area contributed by atoms with Gasteiger partial charge >= 0.3 is 0 Å². The van der Waals surface area contributed by atoms with Crippen LogP contribution in [0.5, 0.6) is 0 Å². The number of pyridine rings is 1. The minimum atomic E-state index is -0.499. The van der Waals surface area contributed by atoms with E-state index in [9.17, 15) is 14.4 Å². The van der Waals surface area contributed by atoms with Crippen molar-refractivity contribution >= 4 is 40.7 Å². The van der Waals surface area contributed by atoms with E-state index in [4.69, 9.17) is 23.2 Å². The molecule has 2 rings (SSSR count). The predicted octanol–water partition coefficient (Wildman–Crippen LogP) is 3.17. The first kappa shape index (κ1) is 19.0. The minimum absolute atomic E-state index is 0.00623. The van der Waals surface area contributed by atoms with Crippen molar-refractivity contribution in [3.05, 3.63) is 62.5 Å². The van der Waals surface area contributed by atoms with E-state index in [1.807, 2.05) is 6.92 Å². The molecule has 25 heavy (non-hydrogen) atoms. The Morgan fingerprint density at radius 2 is 2.00 bits per heavy atom. The normalized spacial score (nSPS) is 10.4. The molecule has 0 saturated heterocycles. The van der Waals surface area contributed by atoms with E-state index < -0.39 is 17.4 Å². The van der Waals surface area contributed by atoms with Crippen molar-refractivity contribution < 1.29 is 9.59 Å². The maximum atomic E-state index is 12.5. The van der Waals surface area contributed by atoms with Gasteiger partial charge in [-0.25, -0.2) is 0 Å². The second kappa shape index (κ2) is 8.69. The van der Waals surface area contributed by atoms with Crippen LogP contribution in [0.2, 0.25) is 10.0 Å². The Balaban J connectivity index is 2.13. The zero-order valence-corrected chi connectivity index (χ0v) is 15.0. The number of carbonyl (C=O) groups excluding carboxylic acids is 2. The Labute approximate surface area is 154 Å². The molecule has 0 aliphatic heterocycles. The molecule has 2 aromatic rings. The lowest BCUT2D eigenvalue weighted by Crippen LogP contribution is -2.40. The highest BCUT2D eigenvalue weighted by Gasteiger charge is 2.20. The minimum Gasteiger partial charge on any atom is -0.329 e. The zero-order valence-electron chi connectivity index (χ0n) is 13.5. The topological polar surface area (TPSA) is 82.3 Å². The number of aromatic amines is 1. The molecular weight excluding hydrogens is 365 g/mol. The lowest BCUT2D eigenvalue weighted by atomic mass is 10.2. The molecule has 0 bridgehead atoms. The summed E-state index contributed by atoms with van der Waals surface area (Å²) in [5.41, 5.74) is -0.0967. The van der Waals surface area contributed by atoms with Gasteiger partial charge in [-0.2, -0.15) is 0 Å². The van der Waals surface area contributed by atoms with Crippen LogP contribution in [0.15, 0.2) is 41.3 Å². The number of nitrogens with one attached hydrogen (secondary N) is 2. The van der Waals surface area contributed by atoms with E-state index in [0.29, 0.717) is 28.7 Å². The van der Waals surface area contributed by atoms with Crippen molar-refractivity contribution in [2.45, 2.75) is 13.3 Å². The van der Waals surface area contributed by atoms with Gasteiger partial charge in [0.15, 0.2) is 0 Å². The summed E-state index contributed by atoms with van der Waals surface area (Å²) in [4.78, 5) is 40.4. The molecule has 0 radical (unpaired) electrons. The van der Waals surface area contributed by atoms with Gasteiger partial charge in [-0.15, -0.1) is 0 Å². The van der Waals surface area contributed by atoms with Gasteiger partial charge in [0, 0.05) is 17.8 Å². The second-order valence-corrected chi connectivity index (χ2v) is 6.16. The number of carbonyl (C=O) groups is 2. The predicted molar refractivity (Wildman–Crippen MR) is 98.3 cm³/mol. The summed E-state index contributed by atoms with van der Waals surface area (Å²) in [6, 6.07) is 7.68. The summed E-state index contributed by atoms with van der Waals surface area (Å²) in [7, 11) is 0. The van der Waals surface area contributed by atoms with Gasteiger partial charge in [0.2, 0.25) is 5.91 Å². The lowest BCUT2D eigenvalue weighted by molar-refractivity contribution is -0.116. The number of rotatable bonds is 6. The molecule has 0 aliphatic carbocycles. The number of hydrogen-bond donors (Lipinski definition) is 2. The number of benzene rings is 1. The summed E-state index contributed by atoms with van der Waals surface area (Å²) < 4.78 is 0. The highest BCUT2D eigenvalue weighted by Crippen LogP contribution is 2.25. The summed E-state index contributed by atoms with van der Waals surface area (Å²) >= 11 is 11.8. The fourth-order valence-corrected chi connectivity index (χ4v) is 2.69. The third-order valence-corrected chi connectivity index (χ3v) is 3.92. The van der Waals surface area contributed by atoms with Gasteiger partial charge in [-0.05, 0) is 36.8 Å². The molecule has 8 heteroatoms. The number of nitrogens with zero attached hydrogens (tertiary/aromatic N) is 1. The molecule has 0 unspecified atom stereocenters. The van der Waals surface area contributed by atoms with Gasteiger partial charge in [-0.3, -0.25) is 14.4 Å². The van der Waals surface area contributed by atoms with Crippen molar-refractivity contribution in [3.8, 4) is 0 Å². The summed E-state index contributed by atoms with van der Waals surface area (Å²) in [5, 5.41) is 3.39. The number of anilines is 1. The molecule has 1 aromatic carbocycles. The van der Waals surface area contributed by atoms with Crippen LogP contribution in [0.4, 0.5) is 5.69 Å². The van der Waals surface area contributed by atoms with E-state index in [1.165, 1.54) is 23.2 Å². The summed E-state index contributed by atoms with van der Waals surface area (Å²) in [6.45, 7) is 2.03. The molecular formula is C17H17Cl2N3O3. The molecule has 0 saturated carbocycles.